The van der Waals surface area contributed by atoms with Gasteiger partial charge in [-0.2, -0.15) is 0 Å². The maximum Gasteiger partial charge on any atom is 0.338 e. The summed E-state index contributed by atoms with van der Waals surface area (Å²) in [7, 11) is 0. The third-order valence-corrected chi connectivity index (χ3v) is 3.78. The van der Waals surface area contributed by atoms with E-state index < -0.39 is 5.97 Å². The lowest BCUT2D eigenvalue weighted by Crippen LogP contribution is -2.29. The van der Waals surface area contributed by atoms with Gasteiger partial charge < -0.3 is 10.1 Å². The Hall–Kier alpha value is -1.81. The van der Waals surface area contributed by atoms with Gasteiger partial charge in [0, 0.05) is 11.6 Å². The van der Waals surface area contributed by atoms with E-state index in [1.807, 2.05) is 0 Å². The topological polar surface area (TPSA) is 55.4 Å². The first kappa shape index (κ1) is 16.6. The van der Waals surface area contributed by atoms with Crippen LogP contribution < -0.4 is 5.32 Å². The van der Waals surface area contributed by atoms with Crippen LogP contribution in [0.3, 0.4) is 0 Å². The Morgan fingerprint density at radius 2 is 2.14 bits per heavy atom. The van der Waals surface area contributed by atoms with Gasteiger partial charge in [0.05, 0.1) is 5.56 Å². The lowest BCUT2D eigenvalue weighted by atomic mass is 9.97. The molecule has 0 unspecified atom stereocenters. The summed E-state index contributed by atoms with van der Waals surface area (Å²) in [6, 6.07) is 6.45. The molecule has 4 nitrogen and oxygen atoms in total. The molecule has 0 atom stereocenters. The largest absolute Gasteiger partial charge is 0.452 e. The minimum absolute atomic E-state index is 0.273. The van der Waals surface area contributed by atoms with Crippen LogP contribution >= 0.6 is 11.6 Å². The molecule has 0 aromatic heterocycles. The first-order valence-corrected chi connectivity index (χ1v) is 7.90. The minimum atomic E-state index is -0.548. The number of rotatable bonds is 6. The lowest BCUT2D eigenvalue weighted by Gasteiger charge is -2.13. The van der Waals surface area contributed by atoms with Crippen molar-refractivity contribution in [1.29, 1.82) is 0 Å². The van der Waals surface area contributed by atoms with Gasteiger partial charge in [0.15, 0.2) is 6.61 Å². The second kappa shape index (κ2) is 8.59. The number of amides is 1. The minimum Gasteiger partial charge on any atom is -0.452 e. The van der Waals surface area contributed by atoms with Crippen LogP contribution in [0.15, 0.2) is 35.9 Å². The Bertz CT molecular complexity index is 569. The summed E-state index contributed by atoms with van der Waals surface area (Å²) in [6.07, 6.45) is 7.88. The molecular formula is C17H20ClNO3. The normalized spacial score (nSPS) is 14.1. The fourth-order valence-corrected chi connectivity index (χ4v) is 2.57. The molecule has 118 valence electrons. The smallest absolute Gasteiger partial charge is 0.338 e. The van der Waals surface area contributed by atoms with Gasteiger partial charge in [-0.25, -0.2) is 4.79 Å². The van der Waals surface area contributed by atoms with Crippen LogP contribution in [0.1, 0.15) is 42.5 Å². The van der Waals surface area contributed by atoms with E-state index in [2.05, 4.69) is 11.4 Å². The molecule has 1 N–H and O–H groups in total. The molecule has 2 rings (SSSR count). The molecule has 0 fully saturated rings. The van der Waals surface area contributed by atoms with Crippen molar-refractivity contribution in [2.24, 2.45) is 0 Å². The second-order valence-corrected chi connectivity index (χ2v) is 5.73. The summed E-state index contributed by atoms with van der Waals surface area (Å²) < 4.78 is 4.96. The maximum atomic E-state index is 11.8. The summed E-state index contributed by atoms with van der Waals surface area (Å²) in [4.78, 5) is 23.4. The highest BCUT2D eigenvalue weighted by Crippen LogP contribution is 2.19. The molecule has 0 radical (unpaired) electrons. The van der Waals surface area contributed by atoms with E-state index in [1.54, 1.807) is 18.2 Å². The van der Waals surface area contributed by atoms with Gasteiger partial charge >= 0.3 is 5.97 Å². The monoisotopic (exact) mass is 321 g/mol. The van der Waals surface area contributed by atoms with Gasteiger partial charge in [0.1, 0.15) is 0 Å². The second-order valence-electron chi connectivity index (χ2n) is 5.29. The number of nitrogens with one attached hydrogen (secondary N) is 1. The molecule has 22 heavy (non-hydrogen) atoms. The Morgan fingerprint density at radius 3 is 2.86 bits per heavy atom. The molecule has 0 bridgehead atoms. The van der Waals surface area contributed by atoms with Gasteiger partial charge in [0.2, 0.25) is 0 Å². The summed E-state index contributed by atoms with van der Waals surface area (Å²) in [5.41, 5.74) is 1.75. The van der Waals surface area contributed by atoms with Crippen molar-refractivity contribution in [3.05, 3.63) is 46.5 Å². The van der Waals surface area contributed by atoms with E-state index in [9.17, 15) is 9.59 Å². The van der Waals surface area contributed by atoms with Gasteiger partial charge in [-0.05, 0) is 50.3 Å². The molecule has 1 aliphatic rings. The molecular weight excluding hydrogens is 302 g/mol. The van der Waals surface area contributed by atoms with Crippen LogP contribution in [0.4, 0.5) is 0 Å². The number of hydrogen-bond acceptors (Lipinski definition) is 3. The third kappa shape index (κ3) is 5.53. The average molecular weight is 322 g/mol. The Balaban J connectivity index is 1.67. The SMILES string of the molecule is O=C(COC(=O)c1cccc(Cl)c1)NCCC1=CCCCC1. The van der Waals surface area contributed by atoms with E-state index in [4.69, 9.17) is 16.3 Å². The highest BCUT2D eigenvalue weighted by Gasteiger charge is 2.10. The molecule has 0 aliphatic heterocycles. The fraction of sp³-hybridized carbons (Fsp3) is 0.412. The van der Waals surface area contributed by atoms with Crippen molar-refractivity contribution < 1.29 is 14.3 Å². The van der Waals surface area contributed by atoms with E-state index in [0.29, 0.717) is 17.1 Å². The summed E-state index contributed by atoms with van der Waals surface area (Å²) in [5, 5.41) is 3.22. The number of benzene rings is 1. The zero-order valence-corrected chi connectivity index (χ0v) is 13.2. The van der Waals surface area contributed by atoms with Crippen LogP contribution in [0.25, 0.3) is 0 Å². The van der Waals surface area contributed by atoms with Gasteiger partial charge in [-0.1, -0.05) is 29.3 Å². The highest BCUT2D eigenvalue weighted by atomic mass is 35.5. The van der Waals surface area contributed by atoms with Crippen LogP contribution in [-0.4, -0.2) is 25.0 Å². The molecule has 1 aliphatic carbocycles. The maximum absolute atomic E-state index is 11.8. The van der Waals surface area contributed by atoms with Gasteiger partial charge in [-0.15, -0.1) is 0 Å². The molecule has 0 spiro atoms. The molecule has 0 saturated heterocycles. The zero-order chi connectivity index (χ0) is 15.8. The first-order chi connectivity index (χ1) is 10.6. The number of esters is 1. The number of allylic oxidation sites excluding steroid dienone is 1. The number of carbonyl (C=O) groups excluding carboxylic acids is 2. The van der Waals surface area contributed by atoms with E-state index in [0.717, 1.165) is 19.3 Å². The number of carbonyl (C=O) groups is 2. The van der Waals surface area contributed by atoms with Crippen LogP contribution in [-0.2, 0) is 9.53 Å². The van der Waals surface area contributed by atoms with E-state index in [1.165, 1.54) is 24.5 Å². The summed E-state index contributed by atoms with van der Waals surface area (Å²) >= 11 is 5.80. The lowest BCUT2D eigenvalue weighted by molar-refractivity contribution is -0.124. The quantitative estimate of drug-likeness (QED) is 0.644. The Morgan fingerprint density at radius 1 is 1.27 bits per heavy atom. The van der Waals surface area contributed by atoms with Crippen molar-refractivity contribution in [3.8, 4) is 0 Å². The number of halogens is 1. The molecule has 5 heteroatoms. The van der Waals surface area contributed by atoms with Crippen LogP contribution in [0.5, 0.6) is 0 Å². The molecule has 0 saturated carbocycles. The van der Waals surface area contributed by atoms with Crippen molar-refractivity contribution in [1.82, 2.24) is 5.32 Å². The van der Waals surface area contributed by atoms with Crippen molar-refractivity contribution in [2.45, 2.75) is 32.1 Å². The average Bonchev–Trinajstić information content (AvgIpc) is 2.53. The zero-order valence-electron chi connectivity index (χ0n) is 12.4. The highest BCUT2D eigenvalue weighted by molar-refractivity contribution is 6.30. The standard InChI is InChI=1S/C17H20ClNO3/c18-15-8-4-7-14(11-15)17(21)22-12-16(20)19-10-9-13-5-2-1-3-6-13/h4-5,7-8,11H,1-3,6,9-10,12H2,(H,19,20). The summed E-state index contributed by atoms with van der Waals surface area (Å²) in [6.45, 7) is 0.309. The van der Waals surface area contributed by atoms with Crippen LogP contribution in [0, 0.1) is 0 Å². The number of hydrogen-bond donors (Lipinski definition) is 1. The predicted molar refractivity (Wildman–Crippen MR) is 85.9 cm³/mol. The molecule has 0 heterocycles. The third-order valence-electron chi connectivity index (χ3n) is 3.55. The van der Waals surface area contributed by atoms with Gasteiger partial charge in [-0.3, -0.25) is 4.79 Å². The van der Waals surface area contributed by atoms with E-state index >= 15 is 0 Å². The van der Waals surface area contributed by atoms with Crippen molar-refractivity contribution in [2.75, 3.05) is 13.2 Å². The molecule has 1 aromatic carbocycles. The molecule has 1 aromatic rings. The van der Waals surface area contributed by atoms with E-state index in [-0.39, 0.29) is 12.5 Å². The van der Waals surface area contributed by atoms with Crippen LogP contribution in [0.2, 0.25) is 5.02 Å². The summed E-state index contributed by atoms with van der Waals surface area (Å²) in [5.74, 6) is -0.834. The fourth-order valence-electron chi connectivity index (χ4n) is 2.38. The Labute approximate surface area is 135 Å². The Kier molecular flexibility index (Phi) is 6.46. The molecule has 1 amide bonds. The van der Waals surface area contributed by atoms with Gasteiger partial charge in [0.25, 0.3) is 5.91 Å². The van der Waals surface area contributed by atoms with Crippen molar-refractivity contribution in [3.63, 3.8) is 0 Å². The first-order valence-electron chi connectivity index (χ1n) is 7.52. The van der Waals surface area contributed by atoms with Crippen molar-refractivity contribution >= 4 is 23.5 Å². The number of ether oxygens (including phenoxy) is 1. The predicted octanol–water partition coefficient (Wildman–Crippen LogP) is 3.50.